The van der Waals surface area contributed by atoms with Gasteiger partial charge in [-0.3, -0.25) is 9.36 Å². The molecule has 194 valence electrons. The molecule has 2 aliphatic rings. The van der Waals surface area contributed by atoms with E-state index in [2.05, 4.69) is 10.3 Å². The molecule has 0 aliphatic carbocycles. The van der Waals surface area contributed by atoms with Gasteiger partial charge in [0.15, 0.2) is 5.82 Å². The number of carbonyl (C=O) groups excluding carboxylic acids is 1. The fraction of sp³-hybridized carbons (Fsp3) is 0.346. The van der Waals surface area contributed by atoms with Crippen LogP contribution in [0.5, 0.6) is 0 Å². The van der Waals surface area contributed by atoms with Crippen molar-refractivity contribution in [3.05, 3.63) is 59.8 Å². The maximum absolute atomic E-state index is 13.8. The predicted molar refractivity (Wildman–Crippen MR) is 145 cm³/mol. The second-order valence-corrected chi connectivity index (χ2v) is 11.9. The van der Waals surface area contributed by atoms with Crippen molar-refractivity contribution in [2.24, 2.45) is 0 Å². The van der Waals surface area contributed by atoms with Gasteiger partial charge in [0.2, 0.25) is 5.95 Å². The highest BCUT2D eigenvalue weighted by molar-refractivity contribution is 7.64. The number of aromatic nitrogens is 2. The van der Waals surface area contributed by atoms with Gasteiger partial charge in [0.25, 0.3) is 5.91 Å². The van der Waals surface area contributed by atoms with Crippen molar-refractivity contribution in [1.29, 1.82) is 0 Å². The van der Waals surface area contributed by atoms with Crippen LogP contribution >= 0.6 is 7.52 Å². The molecule has 3 aromatic rings. The van der Waals surface area contributed by atoms with Crippen LogP contribution in [0.3, 0.4) is 0 Å². The molecular weight excluding hydrogens is 491 g/mol. The van der Waals surface area contributed by atoms with Crippen molar-refractivity contribution in [2.45, 2.75) is 25.9 Å². The Hall–Kier alpha value is -3.30. The number of benzene rings is 2. The minimum absolute atomic E-state index is 0.123. The third-order valence-corrected chi connectivity index (χ3v) is 9.54. The fourth-order valence-electron chi connectivity index (χ4n) is 4.82. The first-order valence-electron chi connectivity index (χ1n) is 12.2. The highest BCUT2D eigenvalue weighted by Crippen LogP contribution is 2.50. The highest BCUT2D eigenvalue weighted by atomic mass is 31.2. The number of rotatable bonds is 5. The van der Waals surface area contributed by atoms with Crippen molar-refractivity contribution < 1.29 is 19.0 Å². The summed E-state index contributed by atoms with van der Waals surface area (Å²) in [5, 5.41) is 13.6. The molecule has 0 radical (unpaired) electrons. The summed E-state index contributed by atoms with van der Waals surface area (Å²) < 4.78 is 21.2. The molecule has 0 spiro atoms. The number of aryl methyl sites for hydroxylation is 1. The fourth-order valence-corrected chi connectivity index (χ4v) is 6.92. The molecular formula is C26H31N6O4P. The zero-order valence-corrected chi connectivity index (χ0v) is 22.3. The number of piperidine rings is 1. The number of aliphatic hydroxyl groups is 1. The maximum Gasteiger partial charge on any atom is 0.302 e. The van der Waals surface area contributed by atoms with E-state index in [1.807, 2.05) is 53.9 Å². The molecule has 1 fully saturated rings. The predicted octanol–water partition coefficient (Wildman–Crippen LogP) is 3.81. The number of fused-ring (bicyclic) bond motifs is 2. The number of hydrogen-bond acceptors (Lipinski definition) is 8. The molecule has 0 saturated carbocycles. The van der Waals surface area contributed by atoms with E-state index in [1.165, 1.54) is 7.11 Å². The summed E-state index contributed by atoms with van der Waals surface area (Å²) in [6.07, 6.45) is 2.37. The van der Waals surface area contributed by atoms with Gasteiger partial charge in [-0.05, 0) is 50.1 Å². The van der Waals surface area contributed by atoms with E-state index in [9.17, 15) is 14.5 Å². The largest absolute Gasteiger partial charge is 0.393 e. The second kappa shape index (κ2) is 9.87. The van der Waals surface area contributed by atoms with Gasteiger partial charge in [-0.25, -0.2) is 9.65 Å². The molecule has 5 rings (SSSR count). The summed E-state index contributed by atoms with van der Waals surface area (Å²) in [7, 11) is 1.76. The molecule has 1 atom stereocenters. The summed E-state index contributed by atoms with van der Waals surface area (Å²) in [5.41, 5.74) is 3.62. The zero-order valence-electron chi connectivity index (χ0n) is 21.4. The summed E-state index contributed by atoms with van der Waals surface area (Å²) in [6.45, 7) is 2.95. The third kappa shape index (κ3) is 4.62. The van der Waals surface area contributed by atoms with Crippen LogP contribution in [-0.4, -0.2) is 66.1 Å². The second-order valence-electron chi connectivity index (χ2n) is 9.41. The standard InChI is InChI=1S/C26H31N6O4P/c1-17-8-9-22-21(14-17)25(34)31(3)23-16-27-26(29-24(23)30(22)2)28-18-6-5-7-20(15-18)37(35,36-4)32-12-10-19(33)11-13-32/h5-9,14-16,19,33H,10-13H2,1-4H3,(H,27,28,29). The maximum atomic E-state index is 13.8. The van der Waals surface area contributed by atoms with Gasteiger partial charge in [0.1, 0.15) is 5.69 Å². The van der Waals surface area contributed by atoms with Crippen LogP contribution in [0.15, 0.2) is 48.7 Å². The van der Waals surface area contributed by atoms with Gasteiger partial charge in [0, 0.05) is 40.0 Å². The van der Waals surface area contributed by atoms with E-state index in [4.69, 9.17) is 9.51 Å². The lowest BCUT2D eigenvalue weighted by atomic mass is 10.1. The summed E-state index contributed by atoms with van der Waals surface area (Å²) in [5.74, 6) is 0.802. The minimum atomic E-state index is -3.29. The molecule has 1 aromatic heterocycles. The Balaban J connectivity index is 1.46. The van der Waals surface area contributed by atoms with Gasteiger partial charge in [0.05, 0.1) is 28.9 Å². The van der Waals surface area contributed by atoms with E-state index in [0.717, 1.165) is 11.3 Å². The number of aliphatic hydroxyl groups excluding tert-OH is 1. The van der Waals surface area contributed by atoms with Gasteiger partial charge in [-0.1, -0.05) is 17.7 Å². The van der Waals surface area contributed by atoms with Crippen molar-refractivity contribution in [3.8, 4) is 0 Å². The van der Waals surface area contributed by atoms with Crippen molar-refractivity contribution in [1.82, 2.24) is 14.6 Å². The molecule has 3 heterocycles. The SMILES string of the molecule is COP(=O)(c1cccc(Nc2ncc3c(n2)N(C)c2ccc(C)cc2C(=O)N3C)c1)N1CCC(O)CC1. The first kappa shape index (κ1) is 25.4. The molecule has 10 nitrogen and oxygen atoms in total. The van der Waals surface area contributed by atoms with Crippen LogP contribution in [0, 0.1) is 6.92 Å². The molecule has 1 unspecified atom stereocenters. The first-order chi connectivity index (χ1) is 17.7. The Morgan fingerprint density at radius 1 is 1.08 bits per heavy atom. The quantitative estimate of drug-likeness (QED) is 0.483. The number of nitrogens with one attached hydrogen (secondary N) is 1. The lowest BCUT2D eigenvalue weighted by Crippen LogP contribution is -2.36. The van der Waals surface area contributed by atoms with E-state index < -0.39 is 7.52 Å². The van der Waals surface area contributed by atoms with E-state index in [1.54, 1.807) is 30.3 Å². The summed E-state index contributed by atoms with van der Waals surface area (Å²) in [6, 6.07) is 13.0. The Bertz CT molecular complexity index is 1390. The monoisotopic (exact) mass is 522 g/mol. The number of hydrogen-bond donors (Lipinski definition) is 2. The van der Waals surface area contributed by atoms with Crippen molar-refractivity contribution in [3.63, 3.8) is 0 Å². The molecule has 37 heavy (non-hydrogen) atoms. The Labute approximate surface area is 216 Å². The van der Waals surface area contributed by atoms with Crippen LogP contribution in [0.25, 0.3) is 0 Å². The lowest BCUT2D eigenvalue weighted by molar-refractivity contribution is 0.0993. The molecule has 0 bridgehead atoms. The average molecular weight is 523 g/mol. The van der Waals surface area contributed by atoms with Gasteiger partial charge >= 0.3 is 7.52 Å². The van der Waals surface area contributed by atoms with E-state index in [-0.39, 0.29) is 12.0 Å². The number of nitrogens with zero attached hydrogens (tertiary/aromatic N) is 5. The van der Waals surface area contributed by atoms with Gasteiger partial charge < -0.3 is 24.7 Å². The van der Waals surface area contributed by atoms with E-state index >= 15 is 0 Å². The van der Waals surface area contributed by atoms with Crippen LogP contribution < -0.4 is 20.4 Å². The first-order valence-corrected chi connectivity index (χ1v) is 13.8. The average Bonchev–Trinajstić information content (AvgIpc) is 2.98. The number of amides is 1. The van der Waals surface area contributed by atoms with E-state index in [0.29, 0.717) is 59.9 Å². The Morgan fingerprint density at radius 3 is 2.57 bits per heavy atom. The normalized spacial score (nSPS) is 18.1. The third-order valence-electron chi connectivity index (χ3n) is 6.97. The van der Waals surface area contributed by atoms with Crippen LogP contribution in [0.4, 0.5) is 28.8 Å². The van der Waals surface area contributed by atoms with Crippen LogP contribution in [0.2, 0.25) is 0 Å². The molecule has 1 amide bonds. The highest BCUT2D eigenvalue weighted by Gasteiger charge is 2.36. The molecule has 2 N–H and O–H groups in total. The van der Waals surface area contributed by atoms with Gasteiger partial charge in [-0.2, -0.15) is 4.98 Å². The number of anilines is 5. The smallest absolute Gasteiger partial charge is 0.302 e. The molecule has 2 aromatic carbocycles. The topological polar surface area (TPSA) is 111 Å². The minimum Gasteiger partial charge on any atom is -0.393 e. The van der Waals surface area contributed by atoms with Gasteiger partial charge in [-0.15, -0.1) is 0 Å². The molecule has 11 heteroatoms. The van der Waals surface area contributed by atoms with Crippen LogP contribution in [-0.2, 0) is 9.09 Å². The lowest BCUT2D eigenvalue weighted by Gasteiger charge is -2.34. The number of carbonyl (C=O) groups is 1. The zero-order chi connectivity index (χ0) is 26.3. The van der Waals surface area contributed by atoms with Crippen molar-refractivity contribution >= 4 is 47.6 Å². The van der Waals surface area contributed by atoms with Crippen LogP contribution in [0.1, 0.15) is 28.8 Å². The van der Waals surface area contributed by atoms with Crippen molar-refractivity contribution in [2.75, 3.05) is 49.4 Å². The Morgan fingerprint density at radius 2 is 1.84 bits per heavy atom. The molecule has 1 saturated heterocycles. The Kier molecular flexibility index (Phi) is 6.76. The summed E-state index contributed by atoms with van der Waals surface area (Å²) >= 11 is 0. The molecule has 2 aliphatic heterocycles. The summed E-state index contributed by atoms with van der Waals surface area (Å²) in [4.78, 5) is 25.8.